The molecule has 0 spiro atoms. The first kappa shape index (κ1) is 24.9. The van der Waals surface area contributed by atoms with Crippen LogP contribution in [-0.2, 0) is 0 Å². The Hall–Kier alpha value is -2.73. The fourth-order valence-corrected chi connectivity index (χ4v) is 4.01. The van der Waals surface area contributed by atoms with Crippen LogP contribution in [0.5, 0.6) is 5.75 Å². The molecular weight excluding hydrogens is 456 g/mol. The van der Waals surface area contributed by atoms with Crippen molar-refractivity contribution in [1.29, 1.82) is 0 Å². The number of hydrogen-bond acceptors (Lipinski definition) is 8. The lowest BCUT2D eigenvalue weighted by atomic mass is 9.64. The summed E-state index contributed by atoms with van der Waals surface area (Å²) in [6.07, 6.45) is -5.13. The topological polar surface area (TPSA) is 169 Å². The van der Waals surface area contributed by atoms with Crippen molar-refractivity contribution in [3.8, 4) is 16.9 Å². The first-order valence-corrected chi connectivity index (χ1v) is 10.4. The summed E-state index contributed by atoms with van der Waals surface area (Å²) in [5, 5.41) is 54.8. The molecule has 1 aliphatic rings. The molecule has 0 aromatic heterocycles. The van der Waals surface area contributed by atoms with Crippen LogP contribution in [0.4, 0.5) is 0 Å². The maximum Gasteiger partial charge on any atom is 0.251 e. The smallest absolute Gasteiger partial charge is 0.251 e. The lowest BCUT2D eigenvalue weighted by Gasteiger charge is -2.53. The van der Waals surface area contributed by atoms with Crippen molar-refractivity contribution in [2.75, 3.05) is 20.7 Å². The largest absolute Gasteiger partial charge is 0.460 e. The number of rotatable bonds is 7. The summed E-state index contributed by atoms with van der Waals surface area (Å²) >= 11 is 6.29. The van der Waals surface area contributed by atoms with E-state index in [1.165, 1.54) is 32.3 Å². The van der Waals surface area contributed by atoms with Crippen molar-refractivity contribution >= 4 is 23.4 Å². The minimum Gasteiger partial charge on any atom is -0.460 e. The van der Waals surface area contributed by atoms with Gasteiger partial charge >= 0.3 is 0 Å². The van der Waals surface area contributed by atoms with Gasteiger partial charge in [0, 0.05) is 31.1 Å². The molecule has 1 saturated carbocycles. The van der Waals surface area contributed by atoms with Gasteiger partial charge in [-0.1, -0.05) is 17.7 Å². The second kappa shape index (κ2) is 9.64. The van der Waals surface area contributed by atoms with Gasteiger partial charge in [0.05, 0.1) is 17.7 Å². The number of aliphatic hydroxyl groups is 5. The average molecular weight is 481 g/mol. The summed E-state index contributed by atoms with van der Waals surface area (Å²) in [6, 6.07) is 9.03. The Bertz CT molecular complexity index is 1030. The monoisotopic (exact) mass is 480 g/mol. The Morgan fingerprint density at radius 1 is 1.06 bits per heavy atom. The van der Waals surface area contributed by atoms with E-state index >= 15 is 0 Å². The van der Waals surface area contributed by atoms with E-state index in [0.717, 1.165) is 0 Å². The SMILES string of the molecule is CNC(=O)c1cc(C(=O)NC)cc(-c2ccc(OC(O)C3(O)C(O)C(O)C3CO)c(Cl)c2)c1. The van der Waals surface area contributed by atoms with Gasteiger partial charge < -0.3 is 40.9 Å². The van der Waals surface area contributed by atoms with E-state index in [1.54, 1.807) is 18.2 Å². The summed E-state index contributed by atoms with van der Waals surface area (Å²) < 4.78 is 5.32. The fourth-order valence-electron chi connectivity index (χ4n) is 3.79. The van der Waals surface area contributed by atoms with Crippen LogP contribution in [0.3, 0.4) is 0 Å². The van der Waals surface area contributed by atoms with Crippen molar-refractivity contribution in [3.05, 3.63) is 52.5 Å². The molecule has 1 aliphatic carbocycles. The van der Waals surface area contributed by atoms with Gasteiger partial charge in [-0.2, -0.15) is 0 Å². The van der Waals surface area contributed by atoms with Crippen LogP contribution in [0.1, 0.15) is 20.7 Å². The second-order valence-corrected chi connectivity index (χ2v) is 8.09. The Balaban J connectivity index is 1.91. The molecule has 0 saturated heterocycles. The molecule has 10 nitrogen and oxygen atoms in total. The molecule has 2 aromatic carbocycles. The molecular formula is C22H25ClN2O8. The van der Waals surface area contributed by atoms with Gasteiger partial charge in [0.2, 0.25) is 6.29 Å². The molecule has 5 atom stereocenters. The molecule has 1 fully saturated rings. The fraction of sp³-hybridized carbons (Fsp3) is 0.364. The van der Waals surface area contributed by atoms with E-state index in [1.807, 2.05) is 0 Å². The van der Waals surface area contributed by atoms with Gasteiger partial charge in [-0.25, -0.2) is 0 Å². The van der Waals surface area contributed by atoms with Crippen LogP contribution in [0.25, 0.3) is 11.1 Å². The standard InChI is InChI=1S/C22H25ClN2O8/c1-24-19(29)12-5-11(6-13(7-12)20(30)25-2)10-3-4-16(15(23)8-10)33-21(31)22(32)14(9-26)17(27)18(22)28/h3-8,14,17-18,21,26-28,31-32H,9H2,1-2H3,(H,24,29)(H,25,30). The van der Waals surface area contributed by atoms with Gasteiger partial charge in [-0.05, 0) is 41.5 Å². The van der Waals surface area contributed by atoms with Crippen LogP contribution in [0.2, 0.25) is 5.02 Å². The number of amides is 2. The number of carbonyl (C=O) groups is 2. The van der Waals surface area contributed by atoms with Crippen molar-refractivity contribution in [1.82, 2.24) is 10.6 Å². The number of nitrogens with one attached hydrogen (secondary N) is 2. The number of halogens is 1. The number of ether oxygens (including phenoxy) is 1. The summed E-state index contributed by atoms with van der Waals surface area (Å²) in [7, 11) is 2.94. The molecule has 178 valence electrons. The summed E-state index contributed by atoms with van der Waals surface area (Å²) in [5.41, 5.74) is -0.727. The summed E-state index contributed by atoms with van der Waals surface area (Å²) in [4.78, 5) is 24.3. The van der Waals surface area contributed by atoms with Crippen LogP contribution in [-0.4, -0.2) is 82.1 Å². The number of benzene rings is 2. The Morgan fingerprint density at radius 2 is 1.64 bits per heavy atom. The number of aliphatic hydroxyl groups excluding tert-OH is 4. The zero-order valence-corrected chi connectivity index (χ0v) is 18.6. The lowest BCUT2D eigenvalue weighted by Crippen LogP contribution is -2.76. The third kappa shape index (κ3) is 4.41. The van der Waals surface area contributed by atoms with E-state index in [4.69, 9.17) is 16.3 Å². The highest BCUT2D eigenvalue weighted by Crippen LogP contribution is 2.43. The average Bonchev–Trinajstić information content (AvgIpc) is 2.83. The van der Waals surface area contributed by atoms with Gasteiger partial charge in [-0.15, -0.1) is 0 Å². The second-order valence-electron chi connectivity index (χ2n) is 7.68. The minimum atomic E-state index is -2.29. The summed E-state index contributed by atoms with van der Waals surface area (Å²) in [5.74, 6) is -2.02. The first-order chi connectivity index (χ1) is 15.6. The maximum absolute atomic E-state index is 12.1. The molecule has 7 N–H and O–H groups in total. The number of hydrogen-bond donors (Lipinski definition) is 7. The van der Waals surface area contributed by atoms with Crippen LogP contribution in [0.15, 0.2) is 36.4 Å². The quantitative estimate of drug-likeness (QED) is 0.260. The van der Waals surface area contributed by atoms with Gasteiger partial charge in [0.1, 0.15) is 11.9 Å². The van der Waals surface area contributed by atoms with Crippen molar-refractivity contribution in [3.63, 3.8) is 0 Å². The molecule has 2 amide bonds. The highest BCUT2D eigenvalue weighted by molar-refractivity contribution is 6.32. The van der Waals surface area contributed by atoms with Crippen LogP contribution < -0.4 is 15.4 Å². The van der Waals surface area contributed by atoms with Crippen molar-refractivity contribution in [2.24, 2.45) is 5.92 Å². The van der Waals surface area contributed by atoms with Crippen LogP contribution >= 0.6 is 11.6 Å². The molecule has 33 heavy (non-hydrogen) atoms. The zero-order valence-electron chi connectivity index (χ0n) is 17.8. The van der Waals surface area contributed by atoms with Crippen molar-refractivity contribution in [2.45, 2.75) is 24.1 Å². The summed E-state index contributed by atoms with van der Waals surface area (Å²) in [6.45, 7) is -0.683. The van der Waals surface area contributed by atoms with E-state index < -0.39 is 36.6 Å². The zero-order chi connectivity index (χ0) is 24.5. The molecule has 0 radical (unpaired) electrons. The predicted octanol–water partition coefficient (Wildman–Crippen LogP) is -0.502. The highest BCUT2D eigenvalue weighted by Gasteiger charge is 2.65. The van der Waals surface area contributed by atoms with Crippen molar-refractivity contribution < 1.29 is 39.9 Å². The highest BCUT2D eigenvalue weighted by atomic mass is 35.5. The van der Waals surface area contributed by atoms with E-state index in [9.17, 15) is 35.1 Å². The Kier molecular flexibility index (Phi) is 7.27. The first-order valence-electron chi connectivity index (χ1n) is 10.0. The van der Waals surface area contributed by atoms with Gasteiger partial charge in [-0.3, -0.25) is 9.59 Å². The maximum atomic E-state index is 12.1. The van der Waals surface area contributed by atoms with E-state index in [-0.39, 0.29) is 33.7 Å². The molecule has 5 unspecified atom stereocenters. The molecule has 3 rings (SSSR count). The third-order valence-electron chi connectivity index (χ3n) is 5.81. The van der Waals surface area contributed by atoms with E-state index in [2.05, 4.69) is 10.6 Å². The normalized spacial score (nSPS) is 25.0. The molecule has 0 aliphatic heterocycles. The lowest BCUT2D eigenvalue weighted by molar-refractivity contribution is -0.332. The molecule has 2 aromatic rings. The minimum absolute atomic E-state index is 0.0249. The van der Waals surface area contributed by atoms with Gasteiger partial charge in [0.25, 0.3) is 11.8 Å². The van der Waals surface area contributed by atoms with Gasteiger partial charge in [0.15, 0.2) is 5.60 Å². The molecule has 0 bridgehead atoms. The van der Waals surface area contributed by atoms with Crippen LogP contribution in [0, 0.1) is 5.92 Å². The Morgan fingerprint density at radius 3 is 2.12 bits per heavy atom. The Labute approximate surface area is 194 Å². The molecule has 0 heterocycles. The predicted molar refractivity (Wildman–Crippen MR) is 118 cm³/mol. The molecule has 11 heteroatoms. The third-order valence-corrected chi connectivity index (χ3v) is 6.11. The number of carbonyl (C=O) groups excluding carboxylic acids is 2. The van der Waals surface area contributed by atoms with E-state index in [0.29, 0.717) is 11.1 Å².